The van der Waals surface area contributed by atoms with E-state index in [1.165, 1.54) is 6.42 Å². The van der Waals surface area contributed by atoms with Crippen molar-refractivity contribution in [2.75, 3.05) is 49.1 Å². The Labute approximate surface area is 160 Å². The summed E-state index contributed by atoms with van der Waals surface area (Å²) in [5, 5.41) is 0. The molecule has 6 nitrogen and oxygen atoms in total. The first kappa shape index (κ1) is 17.8. The molecule has 0 bridgehead atoms. The van der Waals surface area contributed by atoms with Crippen molar-refractivity contribution >= 4 is 17.5 Å². The normalized spacial score (nSPS) is 20.6. The van der Waals surface area contributed by atoms with Crippen LogP contribution in [0.5, 0.6) is 0 Å². The van der Waals surface area contributed by atoms with Gasteiger partial charge in [-0.1, -0.05) is 13.0 Å². The number of hydrogen-bond donors (Lipinski definition) is 0. The lowest BCUT2D eigenvalue weighted by Gasteiger charge is -2.36. The van der Waals surface area contributed by atoms with E-state index in [4.69, 9.17) is 0 Å². The molecule has 0 spiro atoms. The number of anilines is 2. The Hall–Kier alpha value is -2.63. The molecule has 0 N–H and O–H groups in total. The van der Waals surface area contributed by atoms with Gasteiger partial charge in [-0.05, 0) is 43.0 Å². The molecule has 2 aliphatic heterocycles. The highest BCUT2D eigenvalue weighted by Crippen LogP contribution is 2.20. The topological polar surface area (TPSA) is 52.6 Å². The maximum Gasteiger partial charge on any atom is 0.255 e. The summed E-state index contributed by atoms with van der Waals surface area (Å²) in [5.74, 6) is 2.67. The zero-order chi connectivity index (χ0) is 18.6. The molecule has 2 saturated heterocycles. The van der Waals surface area contributed by atoms with Crippen molar-refractivity contribution in [2.24, 2.45) is 5.92 Å². The van der Waals surface area contributed by atoms with Crippen LogP contribution in [0.2, 0.25) is 0 Å². The standard InChI is InChI=1S/C21H27N5O/c1-17-5-4-10-26(16-17)21(27)18-7-8-20(23-15-18)25-13-11-24(12-14-25)19-6-2-3-9-22-19/h2-3,6-9,15,17H,4-5,10-14,16H2,1H3. The van der Waals surface area contributed by atoms with Crippen LogP contribution in [0.4, 0.5) is 11.6 Å². The first-order chi connectivity index (χ1) is 13.2. The van der Waals surface area contributed by atoms with E-state index in [1.807, 2.05) is 35.4 Å². The van der Waals surface area contributed by atoms with Crippen LogP contribution in [0.15, 0.2) is 42.7 Å². The largest absolute Gasteiger partial charge is 0.353 e. The van der Waals surface area contributed by atoms with Gasteiger partial charge in [0, 0.05) is 51.7 Å². The van der Waals surface area contributed by atoms with Crippen LogP contribution >= 0.6 is 0 Å². The molecule has 0 aliphatic carbocycles. The van der Waals surface area contributed by atoms with Crippen LogP contribution in [0.25, 0.3) is 0 Å². The minimum Gasteiger partial charge on any atom is -0.353 e. The fourth-order valence-electron chi connectivity index (χ4n) is 3.96. The Morgan fingerprint density at radius 2 is 1.70 bits per heavy atom. The summed E-state index contributed by atoms with van der Waals surface area (Å²) >= 11 is 0. The van der Waals surface area contributed by atoms with Gasteiger partial charge in [-0.25, -0.2) is 9.97 Å². The van der Waals surface area contributed by atoms with E-state index in [9.17, 15) is 4.79 Å². The zero-order valence-corrected chi connectivity index (χ0v) is 15.9. The fourth-order valence-corrected chi connectivity index (χ4v) is 3.96. The maximum atomic E-state index is 12.7. The molecular formula is C21H27N5O. The van der Waals surface area contributed by atoms with Gasteiger partial charge in [0.15, 0.2) is 0 Å². The molecule has 2 aliphatic rings. The van der Waals surface area contributed by atoms with Crippen molar-refractivity contribution in [1.29, 1.82) is 0 Å². The summed E-state index contributed by atoms with van der Waals surface area (Å²) in [5.41, 5.74) is 0.694. The third kappa shape index (κ3) is 4.04. The van der Waals surface area contributed by atoms with E-state index in [1.54, 1.807) is 6.20 Å². The smallest absolute Gasteiger partial charge is 0.255 e. The molecule has 2 aromatic heterocycles. The van der Waals surface area contributed by atoms with Gasteiger partial charge in [0.25, 0.3) is 5.91 Å². The van der Waals surface area contributed by atoms with Gasteiger partial charge >= 0.3 is 0 Å². The number of aromatic nitrogens is 2. The molecule has 2 aromatic rings. The molecule has 142 valence electrons. The summed E-state index contributed by atoms with van der Waals surface area (Å²) in [7, 11) is 0. The summed E-state index contributed by atoms with van der Waals surface area (Å²) in [6.45, 7) is 7.58. The Morgan fingerprint density at radius 3 is 2.30 bits per heavy atom. The second-order valence-electron chi connectivity index (χ2n) is 7.57. The van der Waals surface area contributed by atoms with E-state index < -0.39 is 0 Å². The molecule has 4 rings (SSSR count). The average molecular weight is 365 g/mol. The number of carbonyl (C=O) groups is 1. The number of hydrogen-bond acceptors (Lipinski definition) is 5. The molecular weight excluding hydrogens is 338 g/mol. The molecule has 1 atom stereocenters. The summed E-state index contributed by atoms with van der Waals surface area (Å²) in [4.78, 5) is 28.2. The van der Waals surface area contributed by atoms with Gasteiger partial charge < -0.3 is 14.7 Å². The Morgan fingerprint density at radius 1 is 0.963 bits per heavy atom. The molecule has 2 fully saturated rings. The number of pyridine rings is 2. The molecule has 0 aromatic carbocycles. The van der Waals surface area contributed by atoms with E-state index in [0.29, 0.717) is 11.5 Å². The molecule has 27 heavy (non-hydrogen) atoms. The maximum absolute atomic E-state index is 12.7. The third-order valence-electron chi connectivity index (χ3n) is 5.52. The highest BCUT2D eigenvalue weighted by molar-refractivity contribution is 5.94. The number of rotatable bonds is 3. The van der Waals surface area contributed by atoms with Crippen molar-refractivity contribution < 1.29 is 4.79 Å². The lowest BCUT2D eigenvalue weighted by Crippen LogP contribution is -2.47. The van der Waals surface area contributed by atoms with Crippen molar-refractivity contribution in [3.05, 3.63) is 48.3 Å². The lowest BCUT2D eigenvalue weighted by molar-refractivity contribution is 0.0682. The van der Waals surface area contributed by atoms with Gasteiger partial charge in [0.05, 0.1) is 5.56 Å². The van der Waals surface area contributed by atoms with Crippen LogP contribution in [-0.4, -0.2) is 60.0 Å². The zero-order valence-electron chi connectivity index (χ0n) is 15.9. The number of amides is 1. The van der Waals surface area contributed by atoms with Crippen molar-refractivity contribution in [3.63, 3.8) is 0 Å². The lowest BCUT2D eigenvalue weighted by atomic mass is 10.00. The molecule has 6 heteroatoms. The van der Waals surface area contributed by atoms with Gasteiger partial charge in [0.2, 0.25) is 0 Å². The van der Waals surface area contributed by atoms with Crippen LogP contribution in [0.1, 0.15) is 30.1 Å². The van der Waals surface area contributed by atoms with Crippen molar-refractivity contribution in [1.82, 2.24) is 14.9 Å². The number of nitrogens with zero attached hydrogens (tertiary/aromatic N) is 5. The molecule has 0 radical (unpaired) electrons. The van der Waals surface area contributed by atoms with E-state index in [-0.39, 0.29) is 5.91 Å². The van der Waals surface area contributed by atoms with Crippen LogP contribution in [0.3, 0.4) is 0 Å². The third-order valence-corrected chi connectivity index (χ3v) is 5.52. The van der Waals surface area contributed by atoms with E-state index in [2.05, 4.69) is 32.8 Å². The SMILES string of the molecule is CC1CCCN(C(=O)c2ccc(N3CCN(c4ccccn4)CC3)nc2)C1. The average Bonchev–Trinajstić information content (AvgIpc) is 2.74. The van der Waals surface area contributed by atoms with Gasteiger partial charge in [-0.2, -0.15) is 0 Å². The van der Waals surface area contributed by atoms with Crippen LogP contribution in [0, 0.1) is 5.92 Å². The van der Waals surface area contributed by atoms with Gasteiger partial charge in [-0.3, -0.25) is 4.79 Å². The van der Waals surface area contributed by atoms with Crippen LogP contribution in [-0.2, 0) is 0 Å². The highest BCUT2D eigenvalue weighted by atomic mass is 16.2. The minimum atomic E-state index is 0.112. The predicted molar refractivity (Wildman–Crippen MR) is 107 cm³/mol. The Bertz CT molecular complexity index is 756. The number of piperazine rings is 1. The van der Waals surface area contributed by atoms with Crippen LogP contribution < -0.4 is 9.80 Å². The Balaban J connectivity index is 1.36. The fraction of sp³-hybridized carbons (Fsp3) is 0.476. The second kappa shape index (κ2) is 7.94. The molecule has 4 heterocycles. The first-order valence-corrected chi connectivity index (χ1v) is 9.87. The Kier molecular flexibility index (Phi) is 5.23. The highest BCUT2D eigenvalue weighted by Gasteiger charge is 2.23. The summed E-state index contributed by atoms with van der Waals surface area (Å²) in [6, 6.07) is 9.92. The summed E-state index contributed by atoms with van der Waals surface area (Å²) in [6.07, 6.45) is 5.88. The van der Waals surface area contributed by atoms with E-state index in [0.717, 1.165) is 57.3 Å². The minimum absolute atomic E-state index is 0.112. The number of carbonyl (C=O) groups excluding carboxylic acids is 1. The first-order valence-electron chi connectivity index (χ1n) is 9.87. The second-order valence-corrected chi connectivity index (χ2v) is 7.57. The quantitative estimate of drug-likeness (QED) is 0.837. The van der Waals surface area contributed by atoms with E-state index >= 15 is 0 Å². The van der Waals surface area contributed by atoms with Crippen molar-refractivity contribution in [2.45, 2.75) is 19.8 Å². The molecule has 1 unspecified atom stereocenters. The molecule has 0 saturated carbocycles. The number of likely N-dealkylation sites (tertiary alicyclic amines) is 1. The number of piperidine rings is 1. The van der Waals surface area contributed by atoms with Gasteiger partial charge in [0.1, 0.15) is 11.6 Å². The van der Waals surface area contributed by atoms with Gasteiger partial charge in [-0.15, -0.1) is 0 Å². The predicted octanol–water partition coefficient (Wildman–Crippen LogP) is 2.68. The monoisotopic (exact) mass is 365 g/mol. The summed E-state index contributed by atoms with van der Waals surface area (Å²) < 4.78 is 0. The van der Waals surface area contributed by atoms with Crippen molar-refractivity contribution in [3.8, 4) is 0 Å². The molecule has 1 amide bonds.